The number of imidazole rings is 1. The van der Waals surface area contributed by atoms with Crippen LogP contribution in [0.1, 0.15) is 16.8 Å². The molecule has 0 aliphatic carbocycles. The fraction of sp³-hybridized carbons (Fsp3) is 0.280. The first kappa shape index (κ1) is 24.2. The molecular formula is C25H25FN8O3S. The fourth-order valence-electron chi connectivity index (χ4n) is 4.87. The summed E-state index contributed by atoms with van der Waals surface area (Å²) in [6.45, 7) is 1.29. The number of hydrogen-bond acceptors (Lipinski definition) is 9. The van der Waals surface area contributed by atoms with E-state index in [1.54, 1.807) is 21.2 Å². The Hall–Kier alpha value is -4.10. The molecule has 1 aliphatic rings. The highest BCUT2D eigenvalue weighted by atomic mass is 32.2. The molecule has 1 N–H and O–H groups in total. The third-order valence-corrected chi connectivity index (χ3v) is 7.52. The second kappa shape index (κ2) is 9.03. The summed E-state index contributed by atoms with van der Waals surface area (Å²) in [4.78, 5) is 15.3. The van der Waals surface area contributed by atoms with Gasteiger partial charge in [0.2, 0.25) is 5.95 Å². The molecule has 11 nitrogen and oxygen atoms in total. The number of benzene rings is 1. The molecule has 0 saturated heterocycles. The van der Waals surface area contributed by atoms with Crippen molar-refractivity contribution in [3.05, 3.63) is 65.8 Å². The van der Waals surface area contributed by atoms with Crippen molar-refractivity contribution in [2.45, 2.75) is 24.5 Å². The number of aromatic nitrogens is 6. The Bertz CT molecular complexity index is 1810. The van der Waals surface area contributed by atoms with Crippen LogP contribution in [0.15, 0.2) is 48.1 Å². The van der Waals surface area contributed by atoms with E-state index in [4.69, 9.17) is 4.74 Å². The van der Waals surface area contributed by atoms with Gasteiger partial charge in [0.15, 0.2) is 20.5 Å². The van der Waals surface area contributed by atoms with Gasteiger partial charge in [-0.1, -0.05) is 0 Å². The van der Waals surface area contributed by atoms with E-state index in [0.29, 0.717) is 59.1 Å². The van der Waals surface area contributed by atoms with Gasteiger partial charge < -0.3 is 15.0 Å². The van der Waals surface area contributed by atoms with Crippen molar-refractivity contribution in [1.82, 2.24) is 33.9 Å². The number of pyridine rings is 1. The van der Waals surface area contributed by atoms with Crippen molar-refractivity contribution in [3.8, 4) is 16.9 Å². The van der Waals surface area contributed by atoms with E-state index in [9.17, 15) is 12.8 Å². The second-order valence-corrected chi connectivity index (χ2v) is 11.4. The van der Waals surface area contributed by atoms with Crippen LogP contribution in [0.4, 0.5) is 10.3 Å². The third kappa shape index (κ3) is 4.03. The zero-order chi connectivity index (χ0) is 26.6. The minimum Gasteiger partial charge on any atom is -0.493 e. The summed E-state index contributed by atoms with van der Waals surface area (Å²) in [5.74, 6) is 0.654. The maximum absolute atomic E-state index is 14.7. The largest absolute Gasteiger partial charge is 0.493 e. The van der Waals surface area contributed by atoms with Gasteiger partial charge >= 0.3 is 0 Å². The molecule has 5 heterocycles. The van der Waals surface area contributed by atoms with E-state index in [1.165, 1.54) is 18.7 Å². The number of nitrogens with one attached hydrogen (secondary N) is 1. The Kier molecular flexibility index (Phi) is 5.76. The summed E-state index contributed by atoms with van der Waals surface area (Å²) in [5, 5.41) is 7.45. The summed E-state index contributed by atoms with van der Waals surface area (Å²) >= 11 is 0. The second-order valence-electron chi connectivity index (χ2n) is 9.46. The van der Waals surface area contributed by atoms with E-state index < -0.39 is 9.84 Å². The van der Waals surface area contributed by atoms with Gasteiger partial charge in [0, 0.05) is 54.2 Å². The smallest absolute Gasteiger partial charge is 0.209 e. The molecule has 6 rings (SSSR count). The van der Waals surface area contributed by atoms with E-state index in [2.05, 4.69) is 25.4 Å². The molecule has 4 aromatic heterocycles. The summed E-state index contributed by atoms with van der Waals surface area (Å²) in [6, 6.07) is 6.83. The number of anilines is 1. The van der Waals surface area contributed by atoms with Crippen molar-refractivity contribution in [3.63, 3.8) is 0 Å². The number of rotatable bonds is 7. The first-order valence-corrected chi connectivity index (χ1v) is 13.8. The maximum Gasteiger partial charge on any atom is 0.209 e. The quantitative estimate of drug-likeness (QED) is 0.335. The van der Waals surface area contributed by atoms with Crippen LogP contribution in [0, 0.1) is 5.82 Å². The molecule has 13 heteroatoms. The van der Waals surface area contributed by atoms with Crippen LogP contribution in [0.25, 0.3) is 22.3 Å². The number of halogens is 1. The van der Waals surface area contributed by atoms with Gasteiger partial charge in [-0.25, -0.2) is 32.3 Å². The molecule has 5 aromatic rings. The van der Waals surface area contributed by atoms with E-state index in [0.717, 1.165) is 17.5 Å². The van der Waals surface area contributed by atoms with Gasteiger partial charge in [-0.2, -0.15) is 5.10 Å². The molecule has 0 spiro atoms. The van der Waals surface area contributed by atoms with Crippen LogP contribution < -0.4 is 10.1 Å². The highest BCUT2D eigenvalue weighted by Crippen LogP contribution is 2.34. The Morgan fingerprint density at radius 1 is 1.13 bits per heavy atom. The number of fused-ring (bicyclic) bond motifs is 3. The first-order chi connectivity index (χ1) is 18.2. The van der Waals surface area contributed by atoms with Gasteiger partial charge in [-0.05, 0) is 38.4 Å². The molecule has 1 aromatic carbocycles. The molecule has 1 aliphatic heterocycles. The number of sulfone groups is 1. The molecule has 196 valence electrons. The topological polar surface area (TPSA) is 119 Å². The average Bonchev–Trinajstić information content (AvgIpc) is 3.62. The zero-order valence-corrected chi connectivity index (χ0v) is 21.8. The van der Waals surface area contributed by atoms with Gasteiger partial charge in [0.25, 0.3) is 0 Å². The average molecular weight is 537 g/mol. The first-order valence-electron chi connectivity index (χ1n) is 11.9. The van der Waals surface area contributed by atoms with Crippen LogP contribution in [-0.2, 0) is 29.3 Å². The lowest BCUT2D eigenvalue weighted by atomic mass is 10.0. The molecule has 0 fully saturated rings. The van der Waals surface area contributed by atoms with Crippen molar-refractivity contribution in [1.29, 1.82) is 0 Å². The minimum absolute atomic E-state index is 0.0897. The summed E-state index contributed by atoms with van der Waals surface area (Å²) < 4.78 is 49.0. The predicted molar refractivity (Wildman–Crippen MR) is 138 cm³/mol. The molecule has 0 bridgehead atoms. The summed E-state index contributed by atoms with van der Waals surface area (Å²) in [7, 11) is 0.230. The Morgan fingerprint density at radius 3 is 2.76 bits per heavy atom. The van der Waals surface area contributed by atoms with Gasteiger partial charge in [-0.15, -0.1) is 0 Å². The highest BCUT2D eigenvalue weighted by Gasteiger charge is 2.24. The predicted octanol–water partition coefficient (Wildman–Crippen LogP) is 2.59. The zero-order valence-electron chi connectivity index (χ0n) is 21.0. The van der Waals surface area contributed by atoms with Gasteiger partial charge in [0.05, 0.1) is 17.8 Å². The van der Waals surface area contributed by atoms with Crippen LogP contribution >= 0.6 is 0 Å². The van der Waals surface area contributed by atoms with E-state index in [-0.39, 0.29) is 17.4 Å². The number of ether oxygens (including phenoxy) is 1. The van der Waals surface area contributed by atoms with E-state index >= 15 is 0 Å². The maximum atomic E-state index is 14.7. The fourth-order valence-corrected chi connectivity index (χ4v) is 5.67. The van der Waals surface area contributed by atoms with Crippen molar-refractivity contribution < 1.29 is 17.5 Å². The summed E-state index contributed by atoms with van der Waals surface area (Å²) in [6.07, 6.45) is 6.18. The molecule has 0 atom stereocenters. The lowest BCUT2D eigenvalue weighted by Gasteiger charge is -2.15. The van der Waals surface area contributed by atoms with E-state index in [1.807, 2.05) is 31.1 Å². The lowest BCUT2D eigenvalue weighted by Crippen LogP contribution is -2.14. The normalized spacial score (nSPS) is 13.4. The SMILES string of the molecule is CN(C)Cc1ccc(-c2cnc(NCc3c(F)ccc4c3CCO4)n3cnc(S(C)(=O)=O)c23)c2ncnn12. The number of nitrogens with zero attached hydrogens (tertiary/aromatic N) is 7. The molecule has 0 radical (unpaired) electrons. The molecule has 0 saturated carbocycles. The van der Waals surface area contributed by atoms with Crippen LogP contribution in [-0.4, -0.2) is 69.2 Å². The number of hydrogen-bond donors (Lipinski definition) is 1. The highest BCUT2D eigenvalue weighted by molar-refractivity contribution is 7.90. The van der Waals surface area contributed by atoms with Crippen LogP contribution in [0.2, 0.25) is 0 Å². The van der Waals surface area contributed by atoms with Gasteiger partial charge in [0.1, 0.15) is 24.2 Å². The monoisotopic (exact) mass is 536 g/mol. The van der Waals surface area contributed by atoms with Crippen molar-refractivity contribution in [2.24, 2.45) is 0 Å². The molecule has 0 unspecified atom stereocenters. The Balaban J connectivity index is 1.48. The summed E-state index contributed by atoms with van der Waals surface area (Å²) in [5.41, 5.74) is 4.33. The molecular weight excluding hydrogens is 511 g/mol. The molecule has 0 amide bonds. The van der Waals surface area contributed by atoms with Crippen molar-refractivity contribution >= 4 is 26.9 Å². The van der Waals surface area contributed by atoms with Gasteiger partial charge in [-0.3, -0.25) is 4.40 Å². The standard InChI is InChI=1S/C25H25FN8O3S/c1-32(2)12-15-4-5-17(23-29-13-31-34(15)23)19-11-28-25(33-14-30-24(22(19)33)38(3,35)36)27-10-18-16-8-9-37-21(16)7-6-20(18)26/h4-7,11,13-14H,8-10,12H2,1-3H3,(H,27,28). The van der Waals surface area contributed by atoms with Crippen LogP contribution in [0.3, 0.4) is 0 Å². The third-order valence-electron chi connectivity index (χ3n) is 6.52. The Labute approximate surface area is 217 Å². The minimum atomic E-state index is -3.69. The van der Waals surface area contributed by atoms with Crippen molar-refractivity contribution in [2.75, 3.05) is 32.3 Å². The Morgan fingerprint density at radius 2 is 1.97 bits per heavy atom. The molecule has 38 heavy (non-hydrogen) atoms. The lowest BCUT2D eigenvalue weighted by molar-refractivity contribution is 0.356. The van der Waals surface area contributed by atoms with Crippen LogP contribution in [0.5, 0.6) is 5.75 Å².